The van der Waals surface area contributed by atoms with Gasteiger partial charge in [0.25, 0.3) is 0 Å². The highest BCUT2D eigenvalue weighted by molar-refractivity contribution is 7.14. The Morgan fingerprint density at radius 3 is 2.80 bits per heavy atom. The summed E-state index contributed by atoms with van der Waals surface area (Å²) in [4.78, 5) is 12.8. The molecule has 0 aromatic carbocycles. The maximum Gasteiger partial charge on any atom is 0.349 e. The van der Waals surface area contributed by atoms with E-state index in [1.807, 2.05) is 6.07 Å². The third-order valence-electron chi connectivity index (χ3n) is 4.82. The summed E-state index contributed by atoms with van der Waals surface area (Å²) in [6, 6.07) is 1.92. The minimum atomic E-state index is -0.871. The van der Waals surface area contributed by atoms with Crippen LogP contribution in [-0.2, 0) is 0 Å². The van der Waals surface area contributed by atoms with Gasteiger partial charge >= 0.3 is 5.97 Å². The number of carboxylic acid groups (broad SMARTS) is 1. The molecule has 2 bridgehead atoms. The van der Waals surface area contributed by atoms with Gasteiger partial charge in [-0.3, -0.25) is 0 Å². The van der Waals surface area contributed by atoms with Crippen LogP contribution >= 0.6 is 11.3 Å². The van der Waals surface area contributed by atoms with Gasteiger partial charge in [-0.2, -0.15) is 0 Å². The van der Waals surface area contributed by atoms with E-state index in [2.05, 4.69) is 13.8 Å². The Hall–Kier alpha value is -1.03. The number of hydrogen-bond donors (Lipinski definition) is 1. The van der Waals surface area contributed by atoms with Gasteiger partial charge < -0.3 is 9.84 Å². The summed E-state index contributed by atoms with van der Waals surface area (Å²) in [5.41, 5.74) is 0. The van der Waals surface area contributed by atoms with Gasteiger partial charge in [0.05, 0.1) is 6.61 Å². The van der Waals surface area contributed by atoms with Crippen molar-refractivity contribution in [2.24, 2.45) is 17.8 Å². The number of aromatic carboxylic acids is 1. The highest BCUT2D eigenvalue weighted by Gasteiger charge is 2.39. The fourth-order valence-electron chi connectivity index (χ4n) is 3.71. The molecule has 2 fully saturated rings. The molecule has 4 heteroatoms. The monoisotopic (exact) mass is 294 g/mol. The van der Waals surface area contributed by atoms with Crippen molar-refractivity contribution < 1.29 is 14.6 Å². The Morgan fingerprint density at radius 1 is 1.45 bits per heavy atom. The molecule has 20 heavy (non-hydrogen) atoms. The van der Waals surface area contributed by atoms with Gasteiger partial charge in [-0.05, 0) is 49.0 Å². The summed E-state index contributed by atoms with van der Waals surface area (Å²) in [6.45, 7) is 4.85. The van der Waals surface area contributed by atoms with Crippen LogP contribution < -0.4 is 4.74 Å². The summed E-state index contributed by atoms with van der Waals surface area (Å²) < 4.78 is 5.90. The van der Waals surface area contributed by atoms with E-state index in [1.165, 1.54) is 37.0 Å². The Kier molecular flexibility index (Phi) is 3.76. The molecule has 2 aliphatic rings. The first kappa shape index (κ1) is 13.9. The van der Waals surface area contributed by atoms with Gasteiger partial charge in [-0.15, -0.1) is 11.3 Å². The standard InChI is InChI=1S/C16H22O3S/c1-9(2)14-7-13(15(20-14)16(17)18)19-8-12-6-10-3-4-11(12)5-10/h7,9-12H,3-6,8H2,1-2H3,(H,17,18). The third-order valence-corrected chi connectivity index (χ3v) is 6.22. The van der Waals surface area contributed by atoms with Crippen molar-refractivity contribution in [3.63, 3.8) is 0 Å². The van der Waals surface area contributed by atoms with Crippen molar-refractivity contribution in [3.8, 4) is 5.75 Å². The SMILES string of the molecule is CC(C)c1cc(OCC2CC3CCC2C3)c(C(=O)O)s1. The lowest BCUT2D eigenvalue weighted by Crippen LogP contribution is -2.18. The zero-order valence-corrected chi connectivity index (χ0v) is 12.9. The number of carboxylic acids is 1. The average Bonchev–Trinajstić information content (AvgIpc) is 3.10. The van der Waals surface area contributed by atoms with Crippen molar-refractivity contribution in [1.82, 2.24) is 0 Å². The smallest absolute Gasteiger partial charge is 0.349 e. The number of hydrogen-bond acceptors (Lipinski definition) is 3. The van der Waals surface area contributed by atoms with E-state index in [4.69, 9.17) is 4.74 Å². The lowest BCUT2D eigenvalue weighted by molar-refractivity contribution is 0.0696. The van der Waals surface area contributed by atoms with Crippen molar-refractivity contribution in [2.75, 3.05) is 6.61 Å². The summed E-state index contributed by atoms with van der Waals surface area (Å²) in [7, 11) is 0. The zero-order valence-electron chi connectivity index (χ0n) is 12.1. The van der Waals surface area contributed by atoms with Crippen LogP contribution in [0.1, 0.15) is 60.0 Å². The predicted molar refractivity (Wildman–Crippen MR) is 79.8 cm³/mol. The predicted octanol–water partition coefficient (Wildman–Crippen LogP) is 4.38. The molecule has 110 valence electrons. The van der Waals surface area contributed by atoms with Crippen molar-refractivity contribution in [3.05, 3.63) is 15.8 Å². The van der Waals surface area contributed by atoms with E-state index in [9.17, 15) is 9.90 Å². The molecule has 3 nitrogen and oxygen atoms in total. The van der Waals surface area contributed by atoms with Crippen LogP contribution in [0.2, 0.25) is 0 Å². The summed E-state index contributed by atoms with van der Waals surface area (Å²) in [5, 5.41) is 9.29. The second-order valence-electron chi connectivity index (χ2n) is 6.55. The fraction of sp³-hybridized carbons (Fsp3) is 0.688. The van der Waals surface area contributed by atoms with Gasteiger partial charge in [-0.25, -0.2) is 4.79 Å². The van der Waals surface area contributed by atoms with E-state index in [0.29, 0.717) is 29.1 Å². The minimum Gasteiger partial charge on any atom is -0.491 e. The Morgan fingerprint density at radius 2 is 2.25 bits per heavy atom. The lowest BCUT2D eigenvalue weighted by atomic mass is 9.89. The van der Waals surface area contributed by atoms with Crippen molar-refractivity contribution in [2.45, 2.75) is 45.4 Å². The lowest BCUT2D eigenvalue weighted by Gasteiger charge is -2.21. The number of thiophene rings is 1. The zero-order chi connectivity index (χ0) is 14.3. The summed E-state index contributed by atoms with van der Waals surface area (Å²) >= 11 is 1.35. The Labute approximate surface area is 124 Å². The van der Waals surface area contributed by atoms with Gasteiger partial charge in [0.1, 0.15) is 5.75 Å². The largest absolute Gasteiger partial charge is 0.491 e. The van der Waals surface area contributed by atoms with Gasteiger partial charge in [0.15, 0.2) is 4.88 Å². The first-order valence-electron chi connectivity index (χ1n) is 7.54. The average molecular weight is 294 g/mol. The molecule has 0 radical (unpaired) electrons. The van der Waals surface area contributed by atoms with E-state index in [-0.39, 0.29) is 0 Å². The quantitative estimate of drug-likeness (QED) is 0.876. The van der Waals surface area contributed by atoms with Crippen molar-refractivity contribution >= 4 is 17.3 Å². The van der Waals surface area contributed by atoms with E-state index < -0.39 is 5.97 Å². The molecule has 1 aromatic heterocycles. The number of carbonyl (C=O) groups is 1. The van der Waals surface area contributed by atoms with Crippen LogP contribution in [0.5, 0.6) is 5.75 Å². The highest BCUT2D eigenvalue weighted by atomic mass is 32.1. The molecule has 0 amide bonds. The number of fused-ring (bicyclic) bond motifs is 2. The van der Waals surface area contributed by atoms with Gasteiger partial charge in [0, 0.05) is 4.88 Å². The van der Waals surface area contributed by atoms with E-state index >= 15 is 0 Å². The molecular weight excluding hydrogens is 272 g/mol. The molecule has 1 aromatic rings. The molecule has 0 aliphatic heterocycles. The normalized spacial score (nSPS) is 28.2. The third kappa shape index (κ3) is 2.58. The van der Waals surface area contributed by atoms with E-state index in [1.54, 1.807) is 0 Å². The van der Waals surface area contributed by atoms with Crippen LogP contribution in [-0.4, -0.2) is 17.7 Å². The maximum absolute atomic E-state index is 11.3. The highest BCUT2D eigenvalue weighted by Crippen LogP contribution is 2.48. The van der Waals surface area contributed by atoms with Gasteiger partial charge in [0.2, 0.25) is 0 Å². The minimum absolute atomic E-state index is 0.345. The molecule has 3 atom stereocenters. The molecule has 2 aliphatic carbocycles. The van der Waals surface area contributed by atoms with Crippen LogP contribution in [0.3, 0.4) is 0 Å². The molecule has 0 saturated heterocycles. The van der Waals surface area contributed by atoms with Crippen LogP contribution in [0.25, 0.3) is 0 Å². The van der Waals surface area contributed by atoms with Crippen LogP contribution in [0, 0.1) is 17.8 Å². The molecular formula is C16H22O3S. The first-order chi connectivity index (χ1) is 9.54. The Bertz CT molecular complexity index is 506. The summed E-state index contributed by atoms with van der Waals surface area (Å²) in [6.07, 6.45) is 5.36. The molecule has 1 N–H and O–H groups in total. The Balaban J connectivity index is 1.68. The topological polar surface area (TPSA) is 46.5 Å². The molecule has 3 rings (SSSR count). The maximum atomic E-state index is 11.3. The summed E-state index contributed by atoms with van der Waals surface area (Å²) in [5.74, 6) is 2.41. The van der Waals surface area contributed by atoms with E-state index in [0.717, 1.165) is 16.7 Å². The van der Waals surface area contributed by atoms with Gasteiger partial charge in [-0.1, -0.05) is 20.3 Å². The van der Waals surface area contributed by atoms with Crippen LogP contribution in [0.15, 0.2) is 6.07 Å². The second-order valence-corrected chi connectivity index (χ2v) is 7.63. The number of rotatable bonds is 5. The van der Waals surface area contributed by atoms with Crippen molar-refractivity contribution in [1.29, 1.82) is 0 Å². The molecule has 2 saturated carbocycles. The molecule has 3 unspecified atom stereocenters. The first-order valence-corrected chi connectivity index (χ1v) is 8.36. The van der Waals surface area contributed by atoms with Crippen LogP contribution in [0.4, 0.5) is 0 Å². The second kappa shape index (κ2) is 5.40. The molecule has 1 heterocycles. The molecule has 0 spiro atoms. The fourth-order valence-corrected chi connectivity index (χ4v) is 4.65. The number of ether oxygens (including phenoxy) is 1.